The van der Waals surface area contributed by atoms with Gasteiger partial charge in [-0.05, 0) is 54.8 Å². The number of carbonyl (C=O) groups excluding carboxylic acids is 1. The number of amides is 1. The van der Waals surface area contributed by atoms with Crippen LogP contribution in [0.4, 0.5) is 0 Å². The predicted molar refractivity (Wildman–Crippen MR) is 120 cm³/mol. The maximum Gasteiger partial charge on any atom is 0.254 e. The third-order valence-electron chi connectivity index (χ3n) is 5.47. The molecule has 1 N–H and O–H groups in total. The van der Waals surface area contributed by atoms with E-state index in [2.05, 4.69) is 22.4 Å². The largest absolute Gasteiger partial charge is 0.381 e. The van der Waals surface area contributed by atoms with Crippen molar-refractivity contribution in [2.75, 3.05) is 19.8 Å². The van der Waals surface area contributed by atoms with Gasteiger partial charge < -0.3 is 10.1 Å². The highest BCUT2D eigenvalue weighted by Crippen LogP contribution is 2.35. The van der Waals surface area contributed by atoms with Gasteiger partial charge >= 0.3 is 0 Å². The molecule has 1 aliphatic heterocycles. The normalized spacial score (nSPS) is 15.5. The number of nitrogens with zero attached hydrogens (tertiary/aromatic N) is 1. The van der Waals surface area contributed by atoms with Gasteiger partial charge in [0.1, 0.15) is 5.03 Å². The lowest BCUT2D eigenvalue weighted by Gasteiger charge is -2.38. The van der Waals surface area contributed by atoms with Gasteiger partial charge in [-0.2, -0.15) is 0 Å². The van der Waals surface area contributed by atoms with Gasteiger partial charge in [0.15, 0.2) is 0 Å². The van der Waals surface area contributed by atoms with Crippen LogP contribution < -0.4 is 5.32 Å². The summed E-state index contributed by atoms with van der Waals surface area (Å²) in [6, 6.07) is 21.5. The average molecular weight is 439 g/mol. The van der Waals surface area contributed by atoms with E-state index in [4.69, 9.17) is 16.3 Å². The molecule has 154 valence electrons. The van der Waals surface area contributed by atoms with E-state index < -0.39 is 0 Å². The van der Waals surface area contributed by atoms with Crippen LogP contribution in [0.15, 0.2) is 82.8 Å². The van der Waals surface area contributed by atoms with Crippen LogP contribution in [0.2, 0.25) is 5.02 Å². The number of ether oxygens (including phenoxy) is 1. The molecule has 0 aliphatic carbocycles. The summed E-state index contributed by atoms with van der Waals surface area (Å²) in [6.07, 6.45) is 3.43. The third-order valence-corrected chi connectivity index (χ3v) is 6.75. The molecule has 0 bridgehead atoms. The molecule has 1 aliphatic rings. The molecule has 1 saturated heterocycles. The summed E-state index contributed by atoms with van der Waals surface area (Å²) in [5.74, 6) is -0.110. The van der Waals surface area contributed by atoms with Gasteiger partial charge in [-0.1, -0.05) is 53.7 Å². The highest BCUT2D eigenvalue weighted by atomic mass is 35.5. The highest BCUT2D eigenvalue weighted by Gasteiger charge is 2.35. The Bertz CT molecular complexity index is 990. The first-order valence-corrected chi connectivity index (χ1v) is 11.2. The smallest absolute Gasteiger partial charge is 0.254 e. The van der Waals surface area contributed by atoms with E-state index in [1.54, 1.807) is 12.3 Å². The van der Waals surface area contributed by atoms with Gasteiger partial charge in [0.25, 0.3) is 5.91 Å². The summed E-state index contributed by atoms with van der Waals surface area (Å²) < 4.78 is 5.59. The first-order valence-electron chi connectivity index (χ1n) is 9.96. The summed E-state index contributed by atoms with van der Waals surface area (Å²) in [5.41, 5.74) is 1.61. The number of rotatable bonds is 6. The highest BCUT2D eigenvalue weighted by molar-refractivity contribution is 7.99. The van der Waals surface area contributed by atoms with Gasteiger partial charge in [0.2, 0.25) is 0 Å². The lowest BCUT2D eigenvalue weighted by Crippen LogP contribution is -2.44. The van der Waals surface area contributed by atoms with Crippen molar-refractivity contribution in [3.63, 3.8) is 0 Å². The van der Waals surface area contributed by atoms with Crippen LogP contribution in [0, 0.1) is 0 Å². The Kier molecular flexibility index (Phi) is 6.72. The first kappa shape index (κ1) is 20.9. The topological polar surface area (TPSA) is 51.2 Å². The van der Waals surface area contributed by atoms with Gasteiger partial charge in [0, 0.05) is 41.3 Å². The van der Waals surface area contributed by atoms with E-state index >= 15 is 0 Å². The standard InChI is InChI=1S/C24H23ClN2O2S/c25-19-10-8-18(9-11-19)24(12-15-29-16-13-24)17-27-22(28)21-7-4-14-26-23(21)30-20-5-2-1-3-6-20/h1-11,14H,12-13,15-17H2,(H,27,28). The Morgan fingerprint density at radius 1 is 1.03 bits per heavy atom. The number of carbonyl (C=O) groups is 1. The molecule has 0 radical (unpaired) electrons. The fourth-order valence-electron chi connectivity index (χ4n) is 3.72. The first-order chi connectivity index (χ1) is 14.7. The minimum Gasteiger partial charge on any atom is -0.381 e. The Morgan fingerprint density at radius 2 is 1.77 bits per heavy atom. The van der Waals surface area contributed by atoms with Crippen LogP contribution in [0.3, 0.4) is 0 Å². The average Bonchev–Trinajstić information content (AvgIpc) is 2.80. The van der Waals surface area contributed by atoms with E-state index in [1.165, 1.54) is 17.3 Å². The Morgan fingerprint density at radius 3 is 2.50 bits per heavy atom. The SMILES string of the molecule is O=C(NCC1(c2ccc(Cl)cc2)CCOCC1)c1cccnc1Sc1ccccc1. The van der Waals surface area contributed by atoms with Crippen molar-refractivity contribution >= 4 is 29.3 Å². The maximum absolute atomic E-state index is 13.1. The van der Waals surface area contributed by atoms with E-state index in [0.29, 0.717) is 35.4 Å². The van der Waals surface area contributed by atoms with E-state index in [9.17, 15) is 4.79 Å². The zero-order valence-electron chi connectivity index (χ0n) is 16.5. The third kappa shape index (κ3) is 4.86. The fourth-order valence-corrected chi connectivity index (χ4v) is 4.75. The second kappa shape index (κ2) is 9.65. The molecule has 2 heterocycles. The van der Waals surface area contributed by atoms with Gasteiger partial charge in [0.05, 0.1) is 5.56 Å². The molecule has 0 unspecified atom stereocenters. The van der Waals surface area contributed by atoms with Crippen molar-refractivity contribution in [2.45, 2.75) is 28.2 Å². The monoisotopic (exact) mass is 438 g/mol. The molecule has 1 fully saturated rings. The van der Waals surface area contributed by atoms with E-state index in [1.807, 2.05) is 48.5 Å². The van der Waals surface area contributed by atoms with Gasteiger partial charge in [-0.15, -0.1) is 0 Å². The molecule has 30 heavy (non-hydrogen) atoms. The van der Waals surface area contributed by atoms with Crippen molar-refractivity contribution in [2.24, 2.45) is 0 Å². The summed E-state index contributed by atoms with van der Waals surface area (Å²) in [6.45, 7) is 1.90. The molecule has 1 aromatic heterocycles. The molecular weight excluding hydrogens is 416 g/mol. The fraction of sp³-hybridized carbons (Fsp3) is 0.250. The number of benzene rings is 2. The second-order valence-corrected chi connectivity index (χ2v) is 8.85. The number of halogens is 1. The minimum absolute atomic E-state index is 0.110. The molecule has 0 atom stereocenters. The molecule has 4 rings (SSSR count). The van der Waals surface area contributed by atoms with Crippen molar-refractivity contribution < 1.29 is 9.53 Å². The van der Waals surface area contributed by atoms with Crippen molar-refractivity contribution in [3.05, 3.63) is 89.1 Å². The number of hydrogen-bond donors (Lipinski definition) is 1. The Hall–Kier alpha value is -2.34. The molecular formula is C24H23ClN2O2S. The summed E-state index contributed by atoms with van der Waals surface area (Å²) in [4.78, 5) is 18.6. The molecule has 3 aromatic rings. The van der Waals surface area contributed by atoms with Crippen LogP contribution in [0.1, 0.15) is 28.8 Å². The molecule has 1 amide bonds. The zero-order valence-corrected chi connectivity index (χ0v) is 18.1. The molecule has 6 heteroatoms. The zero-order chi connectivity index (χ0) is 20.8. The quantitative estimate of drug-likeness (QED) is 0.562. The Labute approximate surface area is 186 Å². The lowest BCUT2D eigenvalue weighted by atomic mass is 9.74. The van der Waals surface area contributed by atoms with Crippen molar-refractivity contribution in [3.8, 4) is 0 Å². The summed E-state index contributed by atoms with van der Waals surface area (Å²) in [5, 5.41) is 4.58. The molecule has 0 saturated carbocycles. The second-order valence-electron chi connectivity index (χ2n) is 7.35. The minimum atomic E-state index is -0.159. The summed E-state index contributed by atoms with van der Waals surface area (Å²) >= 11 is 7.58. The van der Waals surface area contributed by atoms with Crippen molar-refractivity contribution in [1.82, 2.24) is 10.3 Å². The predicted octanol–water partition coefficient (Wildman–Crippen LogP) is 5.36. The van der Waals surface area contributed by atoms with E-state index in [0.717, 1.165) is 17.7 Å². The summed E-state index contributed by atoms with van der Waals surface area (Å²) in [7, 11) is 0. The molecule has 4 nitrogen and oxygen atoms in total. The van der Waals surface area contributed by atoms with Crippen LogP contribution >= 0.6 is 23.4 Å². The number of nitrogens with one attached hydrogen (secondary N) is 1. The van der Waals surface area contributed by atoms with E-state index in [-0.39, 0.29) is 11.3 Å². The van der Waals surface area contributed by atoms with Gasteiger partial charge in [-0.25, -0.2) is 4.98 Å². The number of pyridine rings is 1. The Balaban J connectivity index is 1.52. The van der Waals surface area contributed by atoms with Crippen LogP contribution in [-0.2, 0) is 10.2 Å². The van der Waals surface area contributed by atoms with Crippen LogP contribution in [0.25, 0.3) is 0 Å². The number of aromatic nitrogens is 1. The number of hydrogen-bond acceptors (Lipinski definition) is 4. The van der Waals surface area contributed by atoms with Gasteiger partial charge in [-0.3, -0.25) is 4.79 Å². The van der Waals surface area contributed by atoms with Crippen LogP contribution in [-0.4, -0.2) is 30.6 Å². The van der Waals surface area contributed by atoms with Crippen molar-refractivity contribution in [1.29, 1.82) is 0 Å². The maximum atomic E-state index is 13.1. The lowest BCUT2D eigenvalue weighted by molar-refractivity contribution is 0.0487. The molecule has 2 aromatic carbocycles. The molecule has 0 spiro atoms. The van der Waals surface area contributed by atoms with Crippen LogP contribution in [0.5, 0.6) is 0 Å².